The fourth-order valence-corrected chi connectivity index (χ4v) is 3.63. The van der Waals surface area contributed by atoms with E-state index in [9.17, 15) is 4.79 Å². The van der Waals surface area contributed by atoms with Gasteiger partial charge < -0.3 is 5.32 Å². The third kappa shape index (κ3) is 2.75. The van der Waals surface area contributed by atoms with Gasteiger partial charge in [-0.15, -0.1) is 11.3 Å². The van der Waals surface area contributed by atoms with Gasteiger partial charge in [-0.1, -0.05) is 0 Å². The number of hydrogen-bond donors (Lipinski definition) is 2. The Morgan fingerprint density at radius 2 is 2.40 bits per heavy atom. The van der Waals surface area contributed by atoms with Crippen molar-refractivity contribution in [2.24, 2.45) is 0 Å². The number of carbonyl (C=O) groups is 1. The summed E-state index contributed by atoms with van der Waals surface area (Å²) in [6.07, 6.45) is 5.14. The van der Waals surface area contributed by atoms with Crippen molar-refractivity contribution < 1.29 is 4.79 Å². The minimum atomic E-state index is 0.0877. The molecule has 5 nitrogen and oxygen atoms in total. The summed E-state index contributed by atoms with van der Waals surface area (Å²) in [7, 11) is 0. The first kappa shape index (κ1) is 13.3. The number of hydrogen-bond acceptors (Lipinski definition) is 4. The molecule has 106 valence electrons. The van der Waals surface area contributed by atoms with E-state index in [2.05, 4.69) is 20.5 Å². The van der Waals surface area contributed by atoms with Crippen LogP contribution in [0.1, 0.15) is 33.3 Å². The number of aryl methyl sites for hydroxylation is 3. The minimum absolute atomic E-state index is 0.0877. The van der Waals surface area contributed by atoms with Gasteiger partial charge in [0.05, 0.1) is 23.3 Å². The molecule has 0 aromatic carbocycles. The molecule has 0 radical (unpaired) electrons. The molecule has 0 aliphatic heterocycles. The van der Waals surface area contributed by atoms with Gasteiger partial charge in [0.25, 0.3) is 0 Å². The Morgan fingerprint density at radius 3 is 3.15 bits per heavy atom. The van der Waals surface area contributed by atoms with Crippen LogP contribution in [0.2, 0.25) is 0 Å². The van der Waals surface area contributed by atoms with Crippen molar-refractivity contribution in [3.63, 3.8) is 0 Å². The zero-order valence-corrected chi connectivity index (χ0v) is 12.5. The summed E-state index contributed by atoms with van der Waals surface area (Å²) in [5.41, 5.74) is 3.41. The van der Waals surface area contributed by atoms with Gasteiger partial charge in [-0.2, -0.15) is 5.10 Å². The summed E-state index contributed by atoms with van der Waals surface area (Å²) in [5.74, 6) is 0.0877. The van der Waals surface area contributed by atoms with E-state index in [1.807, 2.05) is 20.0 Å². The van der Waals surface area contributed by atoms with Crippen molar-refractivity contribution in [3.8, 4) is 0 Å². The summed E-state index contributed by atoms with van der Waals surface area (Å²) in [4.78, 5) is 17.6. The number of thiazole rings is 1. The fourth-order valence-electron chi connectivity index (χ4n) is 2.69. The lowest BCUT2D eigenvalue weighted by molar-refractivity contribution is -0.121. The summed E-state index contributed by atoms with van der Waals surface area (Å²) in [5, 5.41) is 11.2. The highest BCUT2D eigenvalue weighted by Gasteiger charge is 2.22. The van der Waals surface area contributed by atoms with Crippen LogP contribution in [-0.2, 0) is 24.1 Å². The maximum atomic E-state index is 12.1. The number of carbonyl (C=O) groups excluding carboxylic acids is 1. The highest BCUT2D eigenvalue weighted by molar-refractivity contribution is 7.11. The number of nitrogens with zero attached hydrogens (tertiary/aromatic N) is 2. The molecule has 0 fully saturated rings. The van der Waals surface area contributed by atoms with Crippen LogP contribution < -0.4 is 5.32 Å². The Labute approximate surface area is 121 Å². The molecule has 0 unspecified atom stereocenters. The van der Waals surface area contributed by atoms with Gasteiger partial charge in [0.2, 0.25) is 5.91 Å². The highest BCUT2D eigenvalue weighted by Crippen LogP contribution is 2.20. The number of nitrogens with one attached hydrogen (secondary N) is 2. The Hall–Kier alpha value is -1.69. The van der Waals surface area contributed by atoms with Crippen molar-refractivity contribution in [2.45, 2.75) is 45.6 Å². The molecule has 0 bridgehead atoms. The fraction of sp³-hybridized carbons (Fsp3) is 0.500. The van der Waals surface area contributed by atoms with Gasteiger partial charge >= 0.3 is 0 Å². The molecule has 2 aromatic rings. The Morgan fingerprint density at radius 1 is 1.55 bits per heavy atom. The van der Waals surface area contributed by atoms with Crippen LogP contribution in [-0.4, -0.2) is 27.1 Å². The van der Waals surface area contributed by atoms with Gasteiger partial charge in [0.15, 0.2) is 0 Å². The molecule has 0 saturated carbocycles. The molecular formula is C14H18N4OS. The van der Waals surface area contributed by atoms with Crippen molar-refractivity contribution in [1.29, 1.82) is 0 Å². The second kappa shape index (κ2) is 5.36. The quantitative estimate of drug-likeness (QED) is 0.904. The summed E-state index contributed by atoms with van der Waals surface area (Å²) in [6, 6.07) is 0.213. The lowest BCUT2D eigenvalue weighted by Crippen LogP contribution is -2.39. The number of aromatic nitrogens is 3. The number of rotatable bonds is 3. The van der Waals surface area contributed by atoms with E-state index in [1.165, 1.54) is 5.56 Å². The number of amides is 1. The molecule has 1 atom stereocenters. The van der Waals surface area contributed by atoms with E-state index in [0.29, 0.717) is 6.42 Å². The monoisotopic (exact) mass is 290 g/mol. The van der Waals surface area contributed by atoms with Crippen LogP contribution in [0, 0.1) is 13.8 Å². The zero-order valence-electron chi connectivity index (χ0n) is 11.7. The summed E-state index contributed by atoms with van der Waals surface area (Å²) in [6.45, 7) is 3.93. The van der Waals surface area contributed by atoms with E-state index in [0.717, 1.165) is 40.5 Å². The molecule has 20 heavy (non-hydrogen) atoms. The topological polar surface area (TPSA) is 70.7 Å². The normalized spacial score (nSPS) is 17.8. The number of fused-ring (bicyclic) bond motifs is 1. The average molecular weight is 290 g/mol. The molecule has 2 heterocycles. The molecule has 1 aliphatic carbocycles. The zero-order chi connectivity index (χ0) is 14.1. The predicted octanol–water partition coefficient (Wildman–Crippen LogP) is 1.70. The summed E-state index contributed by atoms with van der Waals surface area (Å²) < 4.78 is 0. The van der Waals surface area contributed by atoms with Gasteiger partial charge in [0.1, 0.15) is 0 Å². The second-order valence-electron chi connectivity index (χ2n) is 5.30. The van der Waals surface area contributed by atoms with E-state index < -0.39 is 0 Å². The first-order valence-electron chi connectivity index (χ1n) is 6.85. The molecule has 1 amide bonds. The first-order chi connectivity index (χ1) is 9.61. The van der Waals surface area contributed by atoms with Crippen LogP contribution >= 0.6 is 11.3 Å². The molecule has 0 spiro atoms. The predicted molar refractivity (Wildman–Crippen MR) is 77.8 cm³/mol. The van der Waals surface area contributed by atoms with E-state index in [4.69, 9.17) is 0 Å². The molecular weight excluding hydrogens is 272 g/mol. The lowest BCUT2D eigenvalue weighted by Gasteiger charge is -2.22. The Balaban J connectivity index is 1.59. The first-order valence-corrected chi connectivity index (χ1v) is 7.67. The SMILES string of the molecule is Cc1nc(C)c(CC(=O)N[C@@H]2CCc3cn[nH]c3C2)s1. The molecule has 3 rings (SSSR count). The Kier molecular flexibility index (Phi) is 3.56. The molecule has 2 aromatic heterocycles. The van der Waals surface area contributed by atoms with Crippen LogP contribution in [0.15, 0.2) is 6.20 Å². The van der Waals surface area contributed by atoms with E-state index in [-0.39, 0.29) is 11.9 Å². The van der Waals surface area contributed by atoms with Crippen LogP contribution in [0.5, 0.6) is 0 Å². The third-order valence-electron chi connectivity index (χ3n) is 3.71. The maximum Gasteiger partial charge on any atom is 0.225 e. The van der Waals surface area contributed by atoms with Crippen LogP contribution in [0.3, 0.4) is 0 Å². The lowest BCUT2D eigenvalue weighted by atomic mass is 9.93. The van der Waals surface area contributed by atoms with Gasteiger partial charge in [-0.05, 0) is 32.3 Å². The van der Waals surface area contributed by atoms with Crippen LogP contribution in [0.25, 0.3) is 0 Å². The number of H-pyrrole nitrogens is 1. The van der Waals surface area contributed by atoms with Crippen LogP contribution in [0.4, 0.5) is 0 Å². The second-order valence-corrected chi connectivity index (χ2v) is 6.59. The minimum Gasteiger partial charge on any atom is -0.353 e. The highest BCUT2D eigenvalue weighted by atomic mass is 32.1. The van der Waals surface area contributed by atoms with E-state index in [1.54, 1.807) is 11.3 Å². The smallest absolute Gasteiger partial charge is 0.225 e. The van der Waals surface area contributed by atoms with E-state index >= 15 is 0 Å². The van der Waals surface area contributed by atoms with Crippen molar-refractivity contribution in [1.82, 2.24) is 20.5 Å². The van der Waals surface area contributed by atoms with Crippen molar-refractivity contribution in [2.75, 3.05) is 0 Å². The maximum absolute atomic E-state index is 12.1. The number of aromatic amines is 1. The largest absolute Gasteiger partial charge is 0.353 e. The average Bonchev–Trinajstić information content (AvgIpc) is 2.96. The van der Waals surface area contributed by atoms with Crippen molar-refractivity contribution in [3.05, 3.63) is 33.0 Å². The molecule has 6 heteroatoms. The van der Waals surface area contributed by atoms with Crippen molar-refractivity contribution >= 4 is 17.2 Å². The molecule has 1 aliphatic rings. The molecule has 0 saturated heterocycles. The van der Waals surface area contributed by atoms with Gasteiger partial charge in [0, 0.05) is 23.0 Å². The third-order valence-corrected chi connectivity index (χ3v) is 4.78. The Bertz CT molecular complexity index is 631. The molecule has 2 N–H and O–H groups in total. The summed E-state index contributed by atoms with van der Waals surface area (Å²) >= 11 is 1.61. The van der Waals surface area contributed by atoms with Gasteiger partial charge in [-0.3, -0.25) is 9.89 Å². The van der Waals surface area contributed by atoms with Gasteiger partial charge in [-0.25, -0.2) is 4.98 Å². The standard InChI is InChI=1S/C14H18N4OS/c1-8-13(20-9(2)16-8)6-14(19)17-11-4-3-10-7-15-18-12(10)5-11/h7,11H,3-6H2,1-2H3,(H,15,18)(H,17,19)/t11-/m1/s1.